The quantitative estimate of drug-likeness (QED) is 0.112. The van der Waals surface area contributed by atoms with E-state index in [0.29, 0.717) is 17.1 Å². The Bertz CT molecular complexity index is 1000. The average molecular weight is 529 g/mol. The van der Waals surface area contributed by atoms with E-state index in [-0.39, 0.29) is 29.7 Å². The van der Waals surface area contributed by atoms with E-state index in [1.54, 1.807) is 5.38 Å². The van der Waals surface area contributed by atoms with Crippen molar-refractivity contribution in [2.45, 2.75) is 69.7 Å². The molecule has 1 aliphatic heterocycles. The maximum Gasteiger partial charge on any atom is 0.407 e. The van der Waals surface area contributed by atoms with Crippen LogP contribution in [0.3, 0.4) is 0 Å². The van der Waals surface area contributed by atoms with Crippen LogP contribution < -0.4 is 16.4 Å². The number of nitrogens with two attached hydrogens (primary N) is 1. The minimum atomic E-state index is -1.71. The molecule has 1 aliphatic carbocycles. The predicted molar refractivity (Wildman–Crippen MR) is 126 cm³/mol. The molecule has 1 saturated carbocycles. The molecule has 0 aromatic carbocycles. The molecule has 1 aromatic heterocycles. The Morgan fingerprint density at radius 3 is 2.58 bits per heavy atom. The lowest BCUT2D eigenvalue weighted by Crippen LogP contribution is -2.50. The van der Waals surface area contributed by atoms with Crippen molar-refractivity contribution in [3.63, 3.8) is 0 Å². The number of carbonyl (C=O) groups is 3. The number of aliphatic hydroxyl groups is 4. The van der Waals surface area contributed by atoms with Gasteiger partial charge in [-0.15, -0.1) is 11.3 Å². The molecule has 1 aromatic rings. The Labute approximate surface area is 211 Å². The van der Waals surface area contributed by atoms with Crippen molar-refractivity contribution in [2.75, 3.05) is 13.2 Å². The van der Waals surface area contributed by atoms with Crippen LogP contribution in [0.2, 0.25) is 0 Å². The number of thiazole rings is 1. The summed E-state index contributed by atoms with van der Waals surface area (Å²) in [6.07, 6.45) is -6.03. The first-order chi connectivity index (χ1) is 16.8. The lowest BCUT2D eigenvalue weighted by molar-refractivity contribution is -0.142. The minimum Gasteiger partial charge on any atom is -0.439 e. The van der Waals surface area contributed by atoms with Crippen LogP contribution in [0.4, 0.5) is 4.79 Å². The summed E-state index contributed by atoms with van der Waals surface area (Å²) < 4.78 is 4.92. The molecule has 2 fully saturated rings. The Hall–Kier alpha value is -2.85. The Balaban J connectivity index is 1.49. The summed E-state index contributed by atoms with van der Waals surface area (Å²) in [5, 5.41) is 52.9. The number of nitrogens with one attached hydrogen (secondary N) is 3. The maximum atomic E-state index is 12.9. The Morgan fingerprint density at radius 2 is 1.97 bits per heavy atom. The summed E-state index contributed by atoms with van der Waals surface area (Å²) in [4.78, 5) is 43.3. The molecule has 15 heteroatoms. The number of nitrogens with zero attached hydrogens (tertiary/aromatic N) is 2. The third-order valence-electron chi connectivity index (χ3n) is 6.49. The van der Waals surface area contributed by atoms with Crippen LogP contribution in [-0.2, 0) is 20.9 Å². The third kappa shape index (κ3) is 6.28. The van der Waals surface area contributed by atoms with Crippen LogP contribution in [0.5, 0.6) is 0 Å². The number of amidine groups is 1. The lowest BCUT2D eigenvalue weighted by Gasteiger charge is -2.27. The van der Waals surface area contributed by atoms with Crippen molar-refractivity contribution < 1.29 is 39.5 Å². The summed E-state index contributed by atoms with van der Waals surface area (Å²) in [7, 11) is 0. The number of ether oxygens (including phenoxy) is 1. The van der Waals surface area contributed by atoms with Crippen molar-refractivity contribution in [1.82, 2.24) is 20.5 Å². The van der Waals surface area contributed by atoms with E-state index in [1.165, 1.54) is 23.2 Å². The van der Waals surface area contributed by atoms with Gasteiger partial charge in [0.2, 0.25) is 5.91 Å². The van der Waals surface area contributed by atoms with Gasteiger partial charge in [-0.2, -0.15) is 0 Å². The number of amides is 3. The molecule has 0 bridgehead atoms. The van der Waals surface area contributed by atoms with Crippen molar-refractivity contribution in [3.8, 4) is 0 Å². The monoisotopic (exact) mass is 528 g/mol. The number of rotatable bonds is 11. The van der Waals surface area contributed by atoms with Crippen molar-refractivity contribution in [2.24, 2.45) is 11.1 Å². The zero-order valence-corrected chi connectivity index (χ0v) is 20.7. The zero-order chi connectivity index (χ0) is 26.8. The van der Waals surface area contributed by atoms with Gasteiger partial charge in [0.1, 0.15) is 34.8 Å². The van der Waals surface area contributed by atoms with E-state index >= 15 is 0 Å². The summed E-state index contributed by atoms with van der Waals surface area (Å²) in [6, 6.07) is -0.880. The van der Waals surface area contributed by atoms with Gasteiger partial charge in [-0.1, -0.05) is 6.92 Å². The van der Waals surface area contributed by atoms with Crippen LogP contribution in [0, 0.1) is 10.8 Å². The van der Waals surface area contributed by atoms with E-state index < -0.39 is 55.6 Å². The van der Waals surface area contributed by atoms with Gasteiger partial charge in [-0.05, 0) is 25.2 Å². The van der Waals surface area contributed by atoms with Crippen LogP contribution in [0.1, 0.15) is 37.4 Å². The number of aliphatic hydroxyl groups excluding tert-OH is 4. The van der Waals surface area contributed by atoms with E-state index in [0.717, 1.165) is 6.42 Å². The van der Waals surface area contributed by atoms with Crippen LogP contribution in [0.25, 0.3) is 0 Å². The second-order valence-corrected chi connectivity index (χ2v) is 10.3. The molecule has 3 amide bonds. The molecule has 0 spiro atoms. The fourth-order valence-corrected chi connectivity index (χ4v) is 4.96. The number of likely N-dealkylation sites (tertiary alicyclic amines) is 1. The fourth-order valence-electron chi connectivity index (χ4n) is 4.23. The molecule has 9 N–H and O–H groups in total. The largest absolute Gasteiger partial charge is 0.439 e. The van der Waals surface area contributed by atoms with Crippen LogP contribution in [0.15, 0.2) is 5.38 Å². The maximum absolute atomic E-state index is 12.9. The number of fused-ring (bicyclic) bond motifs is 1. The highest BCUT2D eigenvalue weighted by atomic mass is 32.1. The third-order valence-corrected chi connectivity index (χ3v) is 7.34. The first-order valence-electron chi connectivity index (χ1n) is 11.3. The topological polar surface area (TPSA) is 231 Å². The van der Waals surface area contributed by atoms with Crippen LogP contribution in [-0.4, -0.2) is 104 Å². The molecule has 2 heterocycles. The molecule has 0 radical (unpaired) electrons. The van der Waals surface area contributed by atoms with Crippen molar-refractivity contribution in [3.05, 3.63) is 16.1 Å². The highest BCUT2D eigenvalue weighted by Gasteiger charge is 2.64. The lowest BCUT2D eigenvalue weighted by atomic mass is 10.0. The fraction of sp³-hybridized carbons (Fsp3) is 0.667. The average Bonchev–Trinajstić information content (AvgIpc) is 3.15. The molecule has 1 saturated heterocycles. The number of aromatic nitrogens is 1. The zero-order valence-electron chi connectivity index (χ0n) is 19.9. The molecule has 36 heavy (non-hydrogen) atoms. The highest BCUT2D eigenvalue weighted by Crippen LogP contribution is 2.59. The number of hydrogen-bond donors (Lipinski definition) is 8. The van der Waals surface area contributed by atoms with E-state index in [9.17, 15) is 34.8 Å². The summed E-state index contributed by atoms with van der Waals surface area (Å²) >= 11 is 1.25. The number of piperidine rings is 1. The predicted octanol–water partition coefficient (Wildman–Crippen LogP) is -2.39. The van der Waals surface area contributed by atoms with Gasteiger partial charge < -0.3 is 46.4 Å². The van der Waals surface area contributed by atoms with E-state index in [2.05, 4.69) is 15.6 Å². The second kappa shape index (κ2) is 11.0. The van der Waals surface area contributed by atoms with Gasteiger partial charge in [-0.25, -0.2) is 9.78 Å². The van der Waals surface area contributed by atoms with Gasteiger partial charge in [0, 0.05) is 18.0 Å². The summed E-state index contributed by atoms with van der Waals surface area (Å²) in [6.45, 7) is 2.20. The van der Waals surface area contributed by atoms with Gasteiger partial charge in [0.25, 0.3) is 5.91 Å². The van der Waals surface area contributed by atoms with Gasteiger partial charge >= 0.3 is 6.09 Å². The van der Waals surface area contributed by atoms with E-state index in [1.807, 2.05) is 6.92 Å². The SMILES string of the molecule is C[C@H](O)[C@H](O)[C@@H](O)[C@@H](O)CNC(=O)OCC(=O)N1[C@H]2C[C@@]2(C)C[C@H]1C(=O)NCc1nc(C(=N)N)cs1. The standard InChI is InChI=1S/C21H32N6O8S/c1-9(28)16(31)17(32)12(29)5-25-20(34)35-7-15(30)27-11(3-21(2)4-13(21)27)19(33)24-6-14-26-10(8-36-14)18(22)23/h8-9,11-13,16-17,28-29,31-32H,3-7H2,1-2H3,(H3,22,23)(H,24,33)(H,25,34)/t9-,11-,12-,13-,16-,17-,21+/m0/s1. The van der Waals surface area contributed by atoms with Gasteiger partial charge in [-0.3, -0.25) is 15.0 Å². The number of hydrogen-bond acceptors (Lipinski definition) is 11. The molecule has 2 aliphatic rings. The first-order valence-corrected chi connectivity index (χ1v) is 12.2. The molecule has 0 unspecified atom stereocenters. The first kappa shape index (κ1) is 27.7. The second-order valence-electron chi connectivity index (χ2n) is 9.40. The normalized spacial score (nSPS) is 25.8. The number of carbonyl (C=O) groups excluding carboxylic acids is 3. The molecular weight excluding hydrogens is 496 g/mol. The molecule has 200 valence electrons. The minimum absolute atomic E-state index is 0.119. The summed E-state index contributed by atoms with van der Waals surface area (Å²) in [5.74, 6) is -1.08. The highest BCUT2D eigenvalue weighted by molar-refractivity contribution is 7.09. The Morgan fingerprint density at radius 1 is 1.28 bits per heavy atom. The number of nitrogen functional groups attached to an aromatic ring is 1. The Kier molecular flexibility index (Phi) is 8.51. The van der Waals surface area contributed by atoms with Gasteiger partial charge in [0.05, 0.1) is 18.8 Å². The molecular formula is C21H32N6O8S. The molecule has 14 nitrogen and oxygen atoms in total. The van der Waals surface area contributed by atoms with E-state index in [4.69, 9.17) is 15.9 Å². The van der Waals surface area contributed by atoms with Crippen molar-refractivity contribution >= 4 is 35.1 Å². The van der Waals surface area contributed by atoms with Gasteiger partial charge in [0.15, 0.2) is 6.61 Å². The van der Waals surface area contributed by atoms with Crippen LogP contribution >= 0.6 is 11.3 Å². The summed E-state index contributed by atoms with van der Waals surface area (Å²) in [5.41, 5.74) is 5.54. The molecule has 7 atom stereocenters. The smallest absolute Gasteiger partial charge is 0.407 e. The van der Waals surface area contributed by atoms with Crippen molar-refractivity contribution in [1.29, 1.82) is 5.41 Å². The molecule has 3 rings (SSSR count). The number of alkyl carbamates (subject to hydrolysis) is 1.